The Bertz CT molecular complexity index is 436. The first kappa shape index (κ1) is 16.9. The summed E-state index contributed by atoms with van der Waals surface area (Å²) < 4.78 is 62.2. The van der Waals surface area contributed by atoms with Gasteiger partial charge in [0, 0.05) is 0 Å². The van der Waals surface area contributed by atoms with Gasteiger partial charge >= 0.3 is 35.7 Å². The first-order valence-electron chi connectivity index (χ1n) is 4.32. The summed E-state index contributed by atoms with van der Waals surface area (Å²) in [6, 6.07) is 7.01. The molecule has 8 heteroatoms. The summed E-state index contributed by atoms with van der Waals surface area (Å²) in [6.45, 7) is -0.902. The van der Waals surface area contributed by atoms with Crippen LogP contribution in [0, 0.1) is 0 Å². The molecule has 0 saturated heterocycles. The van der Waals surface area contributed by atoms with E-state index in [0.29, 0.717) is 0 Å². The van der Waals surface area contributed by atoms with Gasteiger partial charge in [0.15, 0.2) is 0 Å². The van der Waals surface area contributed by atoms with Crippen molar-refractivity contribution in [3.05, 3.63) is 30.3 Å². The van der Waals surface area contributed by atoms with Gasteiger partial charge in [0.25, 0.3) is 10.1 Å². The maximum absolute atomic E-state index is 11.8. The van der Waals surface area contributed by atoms with Gasteiger partial charge in [0.1, 0.15) is 0 Å². The predicted molar refractivity (Wildman–Crippen MR) is 51.4 cm³/mol. The third-order valence-electron chi connectivity index (χ3n) is 1.66. The zero-order valence-electron chi connectivity index (χ0n) is 10.1. The van der Waals surface area contributed by atoms with E-state index in [4.69, 9.17) is 0 Å². The second kappa shape index (κ2) is 6.75. The number of halogens is 3. The molecule has 0 aliphatic carbocycles. The molecule has 0 N–H and O–H groups in total. The molecule has 0 aliphatic heterocycles. The second-order valence-corrected chi connectivity index (χ2v) is 4.57. The van der Waals surface area contributed by atoms with E-state index in [9.17, 15) is 21.6 Å². The topological polar surface area (TPSA) is 43.4 Å². The Kier molecular flexibility index (Phi) is 6.71. The first-order chi connectivity index (χ1) is 7.31. The fourth-order valence-corrected chi connectivity index (χ4v) is 1.85. The van der Waals surface area contributed by atoms with Gasteiger partial charge in [-0.3, -0.25) is 4.18 Å². The van der Waals surface area contributed by atoms with Gasteiger partial charge in [-0.25, -0.2) is 0 Å². The van der Waals surface area contributed by atoms with Crippen LogP contribution in [-0.4, -0.2) is 21.2 Å². The van der Waals surface area contributed by atoms with Crippen LogP contribution in [0.1, 0.15) is 7.85 Å². The smallest absolute Gasteiger partial charge is 1.00 e. The molecule has 17 heavy (non-hydrogen) atoms. The average molecular weight is 278 g/mol. The van der Waals surface area contributed by atoms with Crippen molar-refractivity contribution in [2.75, 3.05) is 6.61 Å². The van der Waals surface area contributed by atoms with Crippen LogP contribution in [0.2, 0.25) is 0 Å². The second-order valence-electron chi connectivity index (χ2n) is 2.95. The van der Waals surface area contributed by atoms with Crippen molar-refractivity contribution in [3.63, 3.8) is 0 Å². The zero-order chi connectivity index (χ0) is 12.2. The van der Waals surface area contributed by atoms with E-state index in [1.54, 1.807) is 6.07 Å². The van der Waals surface area contributed by atoms with Crippen LogP contribution in [0.25, 0.3) is 0 Å². The summed E-state index contributed by atoms with van der Waals surface area (Å²) >= 11 is 0. The number of hydrogen-bond donors (Lipinski definition) is 0. The van der Waals surface area contributed by atoms with Gasteiger partial charge in [0.05, 0.1) is 17.9 Å². The average Bonchev–Trinajstić information content (AvgIpc) is 2.17. The number of hydrogen-bond acceptors (Lipinski definition) is 3. The van der Waals surface area contributed by atoms with Gasteiger partial charge in [-0.1, -0.05) is 18.2 Å². The summed E-state index contributed by atoms with van der Waals surface area (Å²) in [5.41, 5.74) is 0. The molecule has 0 atom stereocenters. The standard InChI is InChI=1S/C9H9F3O3S.Na.H/c10-9(11,12)6-7-15-16(13,14)8-4-2-1-3-5-8;;/h1-5H,6-7H2;;/q;+1;-1. The van der Waals surface area contributed by atoms with Crippen molar-refractivity contribution in [2.45, 2.75) is 17.5 Å². The Labute approximate surface area is 121 Å². The van der Waals surface area contributed by atoms with Crippen LogP contribution < -0.4 is 29.6 Å². The molecule has 0 unspecified atom stereocenters. The molecule has 1 aromatic rings. The zero-order valence-corrected chi connectivity index (χ0v) is 11.9. The number of alkyl halides is 3. The van der Waals surface area contributed by atoms with E-state index in [1.807, 2.05) is 0 Å². The molecule has 0 bridgehead atoms. The van der Waals surface area contributed by atoms with Gasteiger partial charge in [-0.05, 0) is 12.1 Å². The third kappa shape index (κ3) is 6.42. The maximum Gasteiger partial charge on any atom is 1.00 e. The van der Waals surface area contributed by atoms with E-state index in [0.717, 1.165) is 0 Å². The van der Waals surface area contributed by atoms with E-state index in [1.165, 1.54) is 24.3 Å². The van der Waals surface area contributed by atoms with Gasteiger partial charge in [-0.15, -0.1) is 0 Å². The minimum Gasteiger partial charge on any atom is -1.00 e. The summed E-state index contributed by atoms with van der Waals surface area (Å²) in [4.78, 5) is -0.155. The van der Waals surface area contributed by atoms with Crippen LogP contribution >= 0.6 is 0 Å². The van der Waals surface area contributed by atoms with Gasteiger partial charge in [0.2, 0.25) is 0 Å². The Balaban J connectivity index is 0. The molecule has 3 nitrogen and oxygen atoms in total. The quantitative estimate of drug-likeness (QED) is 0.549. The Hall–Kier alpha value is -0.0800. The molecule has 0 amide bonds. The molecular weight excluding hydrogens is 268 g/mol. The largest absolute Gasteiger partial charge is 1.00 e. The molecule has 1 aromatic carbocycles. The normalized spacial score (nSPS) is 11.9. The van der Waals surface area contributed by atoms with Crippen molar-refractivity contribution in [1.82, 2.24) is 0 Å². The number of benzene rings is 1. The predicted octanol–water partition coefficient (Wildman–Crippen LogP) is -0.539. The summed E-state index contributed by atoms with van der Waals surface area (Å²) in [7, 11) is -4.08. The minimum atomic E-state index is -4.42. The molecule has 0 radical (unpaired) electrons. The Morgan fingerprint density at radius 3 is 2.18 bits per heavy atom. The van der Waals surface area contributed by atoms with Crippen LogP contribution in [0.5, 0.6) is 0 Å². The van der Waals surface area contributed by atoms with Crippen LogP contribution in [0.3, 0.4) is 0 Å². The Morgan fingerprint density at radius 2 is 1.71 bits per heavy atom. The molecule has 92 valence electrons. The van der Waals surface area contributed by atoms with Crippen LogP contribution in [0.15, 0.2) is 35.2 Å². The first-order valence-corrected chi connectivity index (χ1v) is 5.73. The maximum atomic E-state index is 11.8. The van der Waals surface area contributed by atoms with Crippen molar-refractivity contribution < 1.29 is 56.8 Å². The third-order valence-corrected chi connectivity index (χ3v) is 2.98. The fourth-order valence-electron chi connectivity index (χ4n) is 0.922. The summed E-state index contributed by atoms with van der Waals surface area (Å²) in [6.07, 6.45) is -5.72. The monoisotopic (exact) mass is 278 g/mol. The van der Waals surface area contributed by atoms with E-state index in [-0.39, 0.29) is 35.9 Å². The Morgan fingerprint density at radius 1 is 1.18 bits per heavy atom. The molecular formula is C9H10F3NaO3S. The molecule has 0 aromatic heterocycles. The van der Waals surface area contributed by atoms with Crippen molar-refractivity contribution in [3.8, 4) is 0 Å². The molecule has 0 saturated carbocycles. The molecule has 0 aliphatic rings. The fraction of sp³-hybridized carbons (Fsp3) is 0.333. The SMILES string of the molecule is O=S(=O)(OCCC(F)(F)F)c1ccccc1.[H-].[Na+]. The summed E-state index contributed by atoms with van der Waals surface area (Å²) in [5.74, 6) is 0. The number of rotatable bonds is 4. The van der Waals surface area contributed by atoms with Crippen molar-refractivity contribution in [2.24, 2.45) is 0 Å². The van der Waals surface area contributed by atoms with Crippen molar-refractivity contribution >= 4 is 10.1 Å². The van der Waals surface area contributed by atoms with E-state index >= 15 is 0 Å². The van der Waals surface area contributed by atoms with Crippen molar-refractivity contribution in [1.29, 1.82) is 0 Å². The molecule has 0 fully saturated rings. The molecule has 0 spiro atoms. The van der Waals surface area contributed by atoms with Gasteiger partial charge in [-0.2, -0.15) is 21.6 Å². The van der Waals surface area contributed by atoms with Gasteiger partial charge < -0.3 is 1.43 Å². The van der Waals surface area contributed by atoms with Crippen LogP contribution in [0.4, 0.5) is 13.2 Å². The van der Waals surface area contributed by atoms with E-state index < -0.39 is 29.3 Å². The van der Waals surface area contributed by atoms with Crippen LogP contribution in [-0.2, 0) is 14.3 Å². The minimum absolute atomic E-state index is 0. The summed E-state index contributed by atoms with van der Waals surface area (Å²) in [5, 5.41) is 0. The molecule has 1 rings (SSSR count). The van der Waals surface area contributed by atoms with E-state index in [2.05, 4.69) is 4.18 Å². The molecule has 0 heterocycles.